The molecule has 3 rings (SSSR count). The summed E-state index contributed by atoms with van der Waals surface area (Å²) in [6, 6.07) is 15.3. The van der Waals surface area contributed by atoms with Crippen LogP contribution in [-0.2, 0) is 13.6 Å². The lowest BCUT2D eigenvalue weighted by Crippen LogP contribution is -2.42. The molecule has 1 atom stereocenters. The van der Waals surface area contributed by atoms with Crippen LogP contribution in [0.1, 0.15) is 35.5 Å². The van der Waals surface area contributed by atoms with E-state index in [9.17, 15) is 4.79 Å². The van der Waals surface area contributed by atoms with E-state index in [-0.39, 0.29) is 6.03 Å². The summed E-state index contributed by atoms with van der Waals surface area (Å²) < 4.78 is 7.45. The predicted molar refractivity (Wildman–Crippen MR) is 114 cm³/mol. The average Bonchev–Trinajstić information content (AvgIpc) is 3.15. The van der Waals surface area contributed by atoms with Crippen molar-refractivity contribution in [2.45, 2.75) is 26.4 Å². The van der Waals surface area contributed by atoms with Gasteiger partial charge in [-0.1, -0.05) is 48.0 Å². The van der Waals surface area contributed by atoms with Gasteiger partial charge in [-0.15, -0.1) is 0 Å². The van der Waals surface area contributed by atoms with Gasteiger partial charge in [-0.05, 0) is 25.5 Å². The normalized spacial score (nSPS) is 11.7. The number of ether oxygens (including phenoxy) is 1. The monoisotopic (exact) mass is 392 g/mol. The molecular formula is C23H28N4O2. The van der Waals surface area contributed by atoms with Crippen molar-refractivity contribution in [3.63, 3.8) is 0 Å². The van der Waals surface area contributed by atoms with Crippen LogP contribution in [0, 0.1) is 6.92 Å². The van der Waals surface area contributed by atoms with E-state index in [1.807, 2.05) is 61.1 Å². The highest BCUT2D eigenvalue weighted by atomic mass is 16.5. The Balaban J connectivity index is 1.88. The minimum Gasteiger partial charge on any atom is -0.496 e. The van der Waals surface area contributed by atoms with Crippen molar-refractivity contribution in [1.82, 2.24) is 19.8 Å². The number of rotatable bonds is 7. The number of carbonyl (C=O) groups excluding carboxylic acids is 1. The molecule has 1 aromatic heterocycles. The molecule has 3 aromatic rings. The number of aryl methyl sites for hydroxylation is 2. The average molecular weight is 393 g/mol. The van der Waals surface area contributed by atoms with Crippen LogP contribution >= 0.6 is 0 Å². The van der Waals surface area contributed by atoms with E-state index in [4.69, 9.17) is 4.74 Å². The number of benzene rings is 2. The Morgan fingerprint density at radius 1 is 1.24 bits per heavy atom. The molecule has 1 unspecified atom stereocenters. The molecule has 0 aliphatic rings. The molecule has 1 heterocycles. The number of para-hydroxylation sites is 1. The summed E-state index contributed by atoms with van der Waals surface area (Å²) >= 11 is 0. The van der Waals surface area contributed by atoms with Crippen LogP contribution < -0.4 is 10.1 Å². The summed E-state index contributed by atoms with van der Waals surface area (Å²) in [5, 5.41) is 3.16. The van der Waals surface area contributed by atoms with E-state index in [1.165, 1.54) is 5.56 Å². The zero-order valence-corrected chi connectivity index (χ0v) is 17.4. The largest absolute Gasteiger partial charge is 0.496 e. The molecule has 0 saturated carbocycles. The lowest BCUT2D eigenvalue weighted by atomic mass is 10.0. The maximum absolute atomic E-state index is 13.2. The third kappa shape index (κ3) is 4.77. The second-order valence-electron chi connectivity index (χ2n) is 7.02. The minimum absolute atomic E-state index is 0.145. The number of hydrogen-bond donors (Lipinski definition) is 1. The van der Waals surface area contributed by atoms with Gasteiger partial charge in [-0.3, -0.25) is 0 Å². The fraction of sp³-hybridized carbons (Fsp3) is 0.304. The Bertz CT molecular complexity index is 967. The third-order valence-electron chi connectivity index (χ3n) is 4.96. The number of urea groups is 1. The van der Waals surface area contributed by atoms with E-state index in [0.29, 0.717) is 18.8 Å². The lowest BCUT2D eigenvalue weighted by molar-refractivity contribution is 0.195. The number of nitrogens with zero attached hydrogens (tertiary/aromatic N) is 3. The molecule has 6 heteroatoms. The first kappa shape index (κ1) is 20.5. The highest BCUT2D eigenvalue weighted by molar-refractivity contribution is 5.75. The van der Waals surface area contributed by atoms with Gasteiger partial charge in [0.2, 0.25) is 0 Å². The summed E-state index contributed by atoms with van der Waals surface area (Å²) in [6.07, 6.45) is 3.60. The van der Waals surface area contributed by atoms with Crippen molar-refractivity contribution >= 4 is 6.03 Å². The first-order valence-electron chi connectivity index (χ1n) is 9.74. The highest BCUT2D eigenvalue weighted by Gasteiger charge is 2.25. The fourth-order valence-corrected chi connectivity index (χ4v) is 3.41. The number of carbonyl (C=O) groups is 1. The van der Waals surface area contributed by atoms with E-state index in [1.54, 1.807) is 18.2 Å². The number of methoxy groups -OCH3 is 1. The first-order valence-corrected chi connectivity index (χ1v) is 9.74. The van der Waals surface area contributed by atoms with Crippen molar-refractivity contribution in [3.05, 3.63) is 83.4 Å². The summed E-state index contributed by atoms with van der Waals surface area (Å²) in [6.45, 7) is 5.18. The van der Waals surface area contributed by atoms with Crippen LogP contribution in [0.4, 0.5) is 4.79 Å². The van der Waals surface area contributed by atoms with Gasteiger partial charge in [-0.25, -0.2) is 9.78 Å². The van der Waals surface area contributed by atoms with Crippen molar-refractivity contribution in [1.29, 1.82) is 0 Å². The molecule has 0 bridgehead atoms. The van der Waals surface area contributed by atoms with Crippen LogP contribution in [-0.4, -0.2) is 34.1 Å². The molecule has 0 aliphatic heterocycles. The SMILES string of the molecule is CCN(Cc1cccc(C)c1)C(=O)NC(c1ccccc1OC)c1nccn1C. The van der Waals surface area contributed by atoms with Crippen LogP contribution in [0.15, 0.2) is 60.9 Å². The van der Waals surface area contributed by atoms with E-state index < -0.39 is 6.04 Å². The minimum atomic E-state index is -0.426. The smallest absolute Gasteiger partial charge is 0.318 e. The second kappa shape index (κ2) is 9.28. The molecule has 2 aromatic carbocycles. The predicted octanol–water partition coefficient (Wildman–Crippen LogP) is 4.06. The van der Waals surface area contributed by atoms with Gasteiger partial charge in [0.1, 0.15) is 17.6 Å². The van der Waals surface area contributed by atoms with Crippen molar-refractivity contribution in [2.75, 3.05) is 13.7 Å². The molecule has 2 amide bonds. The topological polar surface area (TPSA) is 59.4 Å². The van der Waals surface area contributed by atoms with Gasteiger partial charge < -0.3 is 19.5 Å². The molecule has 6 nitrogen and oxygen atoms in total. The first-order chi connectivity index (χ1) is 14.0. The summed E-state index contributed by atoms with van der Waals surface area (Å²) in [5.41, 5.74) is 3.15. The molecule has 1 N–H and O–H groups in total. The standard InChI is InChI=1S/C23H28N4O2/c1-5-27(16-18-10-8-9-17(2)15-18)23(28)25-21(22-24-13-14-26(22)3)19-11-6-7-12-20(19)29-4/h6-15,21H,5,16H2,1-4H3,(H,25,28). The fourth-order valence-electron chi connectivity index (χ4n) is 3.41. The lowest BCUT2D eigenvalue weighted by Gasteiger charge is -2.26. The van der Waals surface area contributed by atoms with Crippen LogP contribution in [0.25, 0.3) is 0 Å². The van der Waals surface area contributed by atoms with Gasteiger partial charge in [0.25, 0.3) is 0 Å². The Kier molecular flexibility index (Phi) is 6.54. The van der Waals surface area contributed by atoms with Crippen molar-refractivity contribution < 1.29 is 9.53 Å². The Hall–Kier alpha value is -3.28. The summed E-state index contributed by atoms with van der Waals surface area (Å²) in [4.78, 5) is 19.5. The quantitative estimate of drug-likeness (QED) is 0.660. The highest BCUT2D eigenvalue weighted by Crippen LogP contribution is 2.29. The van der Waals surface area contributed by atoms with Crippen LogP contribution in [0.2, 0.25) is 0 Å². The van der Waals surface area contributed by atoms with E-state index in [2.05, 4.69) is 29.4 Å². The number of aromatic nitrogens is 2. The van der Waals surface area contributed by atoms with Crippen LogP contribution in [0.5, 0.6) is 5.75 Å². The number of nitrogens with one attached hydrogen (secondary N) is 1. The van der Waals surface area contributed by atoms with Gasteiger partial charge >= 0.3 is 6.03 Å². The molecule has 0 saturated heterocycles. The number of amides is 2. The Morgan fingerprint density at radius 2 is 2.03 bits per heavy atom. The molecule has 29 heavy (non-hydrogen) atoms. The molecular weight excluding hydrogens is 364 g/mol. The van der Waals surface area contributed by atoms with Crippen LogP contribution in [0.3, 0.4) is 0 Å². The molecule has 0 spiro atoms. The summed E-state index contributed by atoms with van der Waals surface area (Å²) in [5.74, 6) is 1.46. The number of imidazole rings is 1. The van der Waals surface area contributed by atoms with Gasteiger partial charge in [-0.2, -0.15) is 0 Å². The number of hydrogen-bond acceptors (Lipinski definition) is 3. The Labute approximate surface area is 172 Å². The zero-order chi connectivity index (χ0) is 20.8. The molecule has 0 aliphatic carbocycles. The van der Waals surface area contributed by atoms with Gasteiger partial charge in [0.05, 0.1) is 7.11 Å². The molecule has 0 fully saturated rings. The van der Waals surface area contributed by atoms with Gasteiger partial charge in [0.15, 0.2) is 0 Å². The molecule has 152 valence electrons. The second-order valence-corrected chi connectivity index (χ2v) is 7.02. The maximum atomic E-state index is 13.2. The summed E-state index contributed by atoms with van der Waals surface area (Å²) in [7, 11) is 3.55. The van der Waals surface area contributed by atoms with Crippen molar-refractivity contribution in [2.24, 2.45) is 7.05 Å². The van der Waals surface area contributed by atoms with Crippen molar-refractivity contribution in [3.8, 4) is 5.75 Å². The van der Waals surface area contributed by atoms with E-state index >= 15 is 0 Å². The zero-order valence-electron chi connectivity index (χ0n) is 17.4. The Morgan fingerprint density at radius 3 is 2.69 bits per heavy atom. The van der Waals surface area contributed by atoms with E-state index in [0.717, 1.165) is 17.0 Å². The molecule has 0 radical (unpaired) electrons. The van der Waals surface area contributed by atoms with Gasteiger partial charge in [0, 0.05) is 38.1 Å². The third-order valence-corrected chi connectivity index (χ3v) is 4.96. The maximum Gasteiger partial charge on any atom is 0.318 e.